The first-order chi connectivity index (χ1) is 2.94. The van der Waals surface area contributed by atoms with Crippen molar-refractivity contribution in [1.29, 1.82) is 0 Å². The first-order valence-electron chi connectivity index (χ1n) is 1.64. The fourth-order valence-corrected chi connectivity index (χ4v) is 0. The van der Waals surface area contributed by atoms with Gasteiger partial charge in [0.1, 0.15) is 0 Å². The molecule has 0 aromatic carbocycles. The van der Waals surface area contributed by atoms with Crippen LogP contribution in [0.1, 0.15) is 6.92 Å². The summed E-state index contributed by atoms with van der Waals surface area (Å²) in [6, 6.07) is 0. The molecule has 0 aliphatic rings. The first-order valence-corrected chi connectivity index (χ1v) is 3.22. The van der Waals surface area contributed by atoms with E-state index < -0.39 is 7.60 Å². The van der Waals surface area contributed by atoms with Crippen LogP contribution in [0.4, 0.5) is 0 Å². The molecule has 0 fully saturated rings. The van der Waals surface area contributed by atoms with E-state index in [1.54, 1.807) is 0 Å². The number of hydrogen-bond donors (Lipinski definition) is 1. The Balaban J connectivity index is 0. The average molecular weight is 144 g/mol. The zero-order chi connectivity index (χ0) is 6.08. The Morgan fingerprint density at radius 3 is 2.00 bits per heavy atom. The summed E-state index contributed by atoms with van der Waals surface area (Å²) in [4.78, 5) is 17.8. The molecule has 5 heteroatoms. The third kappa shape index (κ3) is 5.04. The van der Waals surface area contributed by atoms with Crippen molar-refractivity contribution in [2.45, 2.75) is 6.92 Å². The molecule has 42 valence electrons. The maximum atomic E-state index is 9.81. The number of allylic oxidation sites excluding steroid dienone is 1. The van der Waals surface area contributed by atoms with Crippen molar-refractivity contribution in [3.8, 4) is 0 Å². The van der Waals surface area contributed by atoms with Gasteiger partial charge in [-0.1, -0.05) is 6.58 Å². The molecule has 0 heterocycles. The molecular formula is C3H6NaO3P. The molecule has 1 atom stereocenters. The molecular weight excluding hydrogens is 138 g/mol. The van der Waals surface area contributed by atoms with Gasteiger partial charge in [0.25, 0.3) is 0 Å². The standard InChI is InChI=1S/C3H7O3P.Na/c1-3(2)7(4,5)6;/h1H2,2H3,(H2,4,5,6);/q;+1/p-1. The van der Waals surface area contributed by atoms with Crippen LogP contribution in [0.3, 0.4) is 0 Å². The van der Waals surface area contributed by atoms with Crippen LogP contribution >= 0.6 is 7.60 Å². The van der Waals surface area contributed by atoms with Crippen molar-refractivity contribution in [3.63, 3.8) is 0 Å². The van der Waals surface area contributed by atoms with Crippen LogP contribution in [0.5, 0.6) is 0 Å². The van der Waals surface area contributed by atoms with E-state index in [1.807, 2.05) is 0 Å². The Bertz CT molecular complexity index is 126. The van der Waals surface area contributed by atoms with Gasteiger partial charge in [-0.25, -0.2) is 0 Å². The van der Waals surface area contributed by atoms with E-state index >= 15 is 0 Å². The van der Waals surface area contributed by atoms with E-state index in [4.69, 9.17) is 4.89 Å². The van der Waals surface area contributed by atoms with Gasteiger partial charge in [0, 0.05) is 0 Å². The smallest absolute Gasteiger partial charge is 0.775 e. The molecule has 0 bridgehead atoms. The molecule has 0 amide bonds. The zero-order valence-corrected chi connectivity index (χ0v) is 7.81. The van der Waals surface area contributed by atoms with Gasteiger partial charge < -0.3 is 14.4 Å². The van der Waals surface area contributed by atoms with Crippen molar-refractivity contribution in [1.82, 2.24) is 0 Å². The Labute approximate surface area is 70.2 Å². The van der Waals surface area contributed by atoms with Crippen LogP contribution in [-0.4, -0.2) is 4.89 Å². The van der Waals surface area contributed by atoms with Crippen molar-refractivity contribution in [2.24, 2.45) is 0 Å². The largest absolute Gasteiger partial charge is 1.00 e. The predicted molar refractivity (Wildman–Crippen MR) is 24.6 cm³/mol. The summed E-state index contributed by atoms with van der Waals surface area (Å²) in [7, 11) is -4.18. The molecule has 0 radical (unpaired) electrons. The molecule has 0 aromatic heterocycles. The monoisotopic (exact) mass is 144 g/mol. The van der Waals surface area contributed by atoms with Gasteiger partial charge in [0.15, 0.2) is 7.60 Å². The Hall–Kier alpha value is 0.890. The van der Waals surface area contributed by atoms with Gasteiger partial charge in [-0.2, -0.15) is 0 Å². The summed E-state index contributed by atoms with van der Waals surface area (Å²) in [5.74, 6) is 0. The van der Waals surface area contributed by atoms with Crippen molar-refractivity contribution >= 4 is 7.60 Å². The second-order valence-electron chi connectivity index (χ2n) is 1.26. The Kier molecular flexibility index (Phi) is 5.58. The maximum Gasteiger partial charge on any atom is 1.00 e. The quantitative estimate of drug-likeness (QED) is 0.316. The van der Waals surface area contributed by atoms with Crippen molar-refractivity contribution < 1.29 is 43.9 Å². The molecule has 3 nitrogen and oxygen atoms in total. The average Bonchev–Trinajstić information content (AvgIpc) is 1.31. The molecule has 8 heavy (non-hydrogen) atoms. The van der Waals surface area contributed by atoms with E-state index in [-0.39, 0.29) is 34.9 Å². The summed E-state index contributed by atoms with van der Waals surface area (Å²) < 4.78 is 9.81. The molecule has 0 saturated heterocycles. The molecule has 0 aliphatic heterocycles. The molecule has 0 rings (SSSR count). The second-order valence-corrected chi connectivity index (χ2v) is 3.06. The van der Waals surface area contributed by atoms with Gasteiger partial charge in [-0.3, -0.25) is 0 Å². The molecule has 0 aliphatic carbocycles. The van der Waals surface area contributed by atoms with Gasteiger partial charge >= 0.3 is 29.6 Å². The molecule has 1 N–H and O–H groups in total. The van der Waals surface area contributed by atoms with Crippen LogP contribution in [0.25, 0.3) is 0 Å². The molecule has 0 spiro atoms. The minimum absolute atomic E-state index is 0. The Morgan fingerprint density at radius 1 is 1.88 bits per heavy atom. The minimum atomic E-state index is -4.18. The van der Waals surface area contributed by atoms with Crippen LogP contribution < -0.4 is 34.5 Å². The van der Waals surface area contributed by atoms with Gasteiger partial charge in [0.2, 0.25) is 0 Å². The van der Waals surface area contributed by atoms with Crippen LogP contribution in [0.15, 0.2) is 11.9 Å². The normalized spacial score (nSPS) is 15.9. The van der Waals surface area contributed by atoms with E-state index in [9.17, 15) is 9.46 Å². The zero-order valence-electron chi connectivity index (χ0n) is 4.92. The van der Waals surface area contributed by atoms with Crippen LogP contribution in [0.2, 0.25) is 0 Å². The topological polar surface area (TPSA) is 60.4 Å². The molecule has 0 saturated carbocycles. The third-order valence-electron chi connectivity index (χ3n) is 0.482. The van der Waals surface area contributed by atoms with Crippen molar-refractivity contribution in [2.75, 3.05) is 0 Å². The first kappa shape index (κ1) is 11.7. The van der Waals surface area contributed by atoms with Crippen molar-refractivity contribution in [3.05, 3.63) is 11.9 Å². The fourth-order valence-electron chi connectivity index (χ4n) is 0. The summed E-state index contributed by atoms with van der Waals surface area (Å²) >= 11 is 0. The Morgan fingerprint density at radius 2 is 2.00 bits per heavy atom. The van der Waals surface area contributed by atoms with E-state index in [0.29, 0.717) is 0 Å². The van der Waals surface area contributed by atoms with E-state index in [2.05, 4.69) is 6.58 Å². The summed E-state index contributed by atoms with van der Waals surface area (Å²) in [6.07, 6.45) is 0. The van der Waals surface area contributed by atoms with E-state index in [1.165, 1.54) is 6.92 Å². The third-order valence-corrected chi connectivity index (χ3v) is 1.45. The second kappa shape index (κ2) is 3.83. The predicted octanol–water partition coefficient (Wildman–Crippen LogP) is -2.93. The van der Waals surface area contributed by atoms with Crippen LogP contribution in [0, 0.1) is 0 Å². The molecule has 0 aromatic rings. The fraction of sp³-hybridized carbons (Fsp3) is 0.333. The van der Waals surface area contributed by atoms with Crippen LogP contribution in [-0.2, 0) is 4.57 Å². The van der Waals surface area contributed by atoms with Gasteiger partial charge in [-0.05, 0) is 12.2 Å². The SMILES string of the molecule is C=C(C)P(=O)([O-])O.[Na+]. The summed E-state index contributed by atoms with van der Waals surface area (Å²) in [5.41, 5.74) is 0. The van der Waals surface area contributed by atoms with Gasteiger partial charge in [-0.15, -0.1) is 0 Å². The summed E-state index contributed by atoms with van der Waals surface area (Å²) in [6.45, 7) is 4.23. The van der Waals surface area contributed by atoms with E-state index in [0.717, 1.165) is 0 Å². The summed E-state index contributed by atoms with van der Waals surface area (Å²) in [5, 5.41) is -0.201. The minimum Gasteiger partial charge on any atom is -0.775 e. The number of hydrogen-bond acceptors (Lipinski definition) is 2. The maximum absolute atomic E-state index is 9.81. The molecule has 1 unspecified atom stereocenters. The van der Waals surface area contributed by atoms with Gasteiger partial charge in [0.05, 0.1) is 0 Å². The number of rotatable bonds is 1.